The summed E-state index contributed by atoms with van der Waals surface area (Å²) in [5.41, 5.74) is 3.66. The number of rotatable bonds is 6. The van der Waals surface area contributed by atoms with Gasteiger partial charge in [-0.2, -0.15) is 5.10 Å². The maximum Gasteiger partial charge on any atom is 0.307 e. The summed E-state index contributed by atoms with van der Waals surface area (Å²) in [6.45, 7) is 2.32. The molecule has 0 saturated carbocycles. The first-order valence-electron chi connectivity index (χ1n) is 8.15. The first kappa shape index (κ1) is 20.7. The fourth-order valence-corrected chi connectivity index (χ4v) is 4.17. The number of methoxy groups -OCH3 is 1. The summed E-state index contributed by atoms with van der Waals surface area (Å²) in [6, 6.07) is 8.73. The maximum absolute atomic E-state index is 12.3. The molecule has 1 amide bonds. The van der Waals surface area contributed by atoms with Crippen molar-refractivity contribution in [3.05, 3.63) is 55.6 Å². The van der Waals surface area contributed by atoms with Crippen molar-refractivity contribution >= 4 is 66.6 Å². The average Bonchev–Trinajstić information content (AvgIpc) is 3.06. The molecule has 0 radical (unpaired) electrons. The van der Waals surface area contributed by atoms with Crippen molar-refractivity contribution in [3.63, 3.8) is 0 Å². The summed E-state index contributed by atoms with van der Waals surface area (Å²) in [7, 11) is 1.52. The Hall–Kier alpha value is -2.03. The molecule has 28 heavy (non-hydrogen) atoms. The second-order valence-corrected chi connectivity index (χ2v) is 7.76. The van der Waals surface area contributed by atoms with Gasteiger partial charge in [0, 0.05) is 9.86 Å². The van der Waals surface area contributed by atoms with E-state index < -0.39 is 5.91 Å². The second kappa shape index (κ2) is 8.98. The molecule has 0 fully saturated rings. The lowest BCUT2D eigenvalue weighted by molar-refractivity contribution is 0.0929. The molecule has 1 heterocycles. The van der Waals surface area contributed by atoms with Gasteiger partial charge in [0.15, 0.2) is 17.3 Å². The van der Waals surface area contributed by atoms with Crippen molar-refractivity contribution in [3.8, 4) is 11.5 Å². The van der Waals surface area contributed by atoms with Crippen LogP contribution >= 0.6 is 43.5 Å². The van der Waals surface area contributed by atoms with Gasteiger partial charge in [-0.25, -0.2) is 5.43 Å². The van der Waals surface area contributed by atoms with Crippen LogP contribution in [0.2, 0.25) is 5.02 Å². The minimum absolute atomic E-state index is 0.147. The van der Waals surface area contributed by atoms with Crippen LogP contribution in [-0.4, -0.2) is 25.8 Å². The highest BCUT2D eigenvalue weighted by Crippen LogP contribution is 2.36. The van der Waals surface area contributed by atoms with E-state index in [4.69, 9.17) is 25.5 Å². The number of furan rings is 1. The predicted molar refractivity (Wildman–Crippen MR) is 116 cm³/mol. The molecule has 0 spiro atoms. The maximum atomic E-state index is 12.3. The molecule has 146 valence electrons. The average molecular weight is 531 g/mol. The molecule has 0 unspecified atom stereocenters. The number of nitrogens with one attached hydrogen (secondary N) is 1. The van der Waals surface area contributed by atoms with Crippen molar-refractivity contribution in [1.29, 1.82) is 0 Å². The Balaban J connectivity index is 1.77. The summed E-state index contributed by atoms with van der Waals surface area (Å²) < 4.78 is 18.0. The van der Waals surface area contributed by atoms with Crippen LogP contribution < -0.4 is 14.9 Å². The molecule has 1 aromatic heterocycles. The van der Waals surface area contributed by atoms with Crippen molar-refractivity contribution in [1.82, 2.24) is 5.43 Å². The molecule has 0 atom stereocenters. The third-order valence-electron chi connectivity index (χ3n) is 3.68. The van der Waals surface area contributed by atoms with E-state index in [1.165, 1.54) is 13.3 Å². The predicted octanol–water partition coefficient (Wildman–Crippen LogP) is 5.78. The van der Waals surface area contributed by atoms with Crippen molar-refractivity contribution in [2.45, 2.75) is 6.92 Å². The lowest BCUT2D eigenvalue weighted by Gasteiger charge is -2.11. The topological polar surface area (TPSA) is 73.1 Å². The van der Waals surface area contributed by atoms with Gasteiger partial charge in [-0.15, -0.1) is 0 Å². The van der Waals surface area contributed by atoms with E-state index in [0.717, 1.165) is 14.3 Å². The minimum atomic E-state index is -0.472. The number of hydrazone groups is 1. The van der Waals surface area contributed by atoms with Crippen LogP contribution in [0, 0.1) is 0 Å². The molecule has 3 rings (SSSR count). The van der Waals surface area contributed by atoms with E-state index in [1.807, 2.05) is 19.1 Å². The van der Waals surface area contributed by atoms with Crippen molar-refractivity contribution < 1.29 is 18.7 Å². The first-order valence-corrected chi connectivity index (χ1v) is 10.1. The lowest BCUT2D eigenvalue weighted by atomic mass is 10.2. The molecule has 6 nitrogen and oxygen atoms in total. The highest BCUT2D eigenvalue weighted by molar-refractivity contribution is 9.11. The number of carbonyl (C=O) groups is 1. The normalized spacial score (nSPS) is 11.2. The fourth-order valence-electron chi connectivity index (χ4n) is 2.53. The Bertz CT molecular complexity index is 1070. The van der Waals surface area contributed by atoms with E-state index in [0.29, 0.717) is 34.3 Å². The summed E-state index contributed by atoms with van der Waals surface area (Å²) in [6.07, 6.45) is 1.46. The number of fused-ring (bicyclic) bond motifs is 1. The number of amides is 1. The molecule has 0 saturated heterocycles. The van der Waals surface area contributed by atoms with Gasteiger partial charge in [-0.05, 0) is 58.7 Å². The van der Waals surface area contributed by atoms with Gasteiger partial charge < -0.3 is 13.9 Å². The molecule has 3 aromatic rings. The molecular formula is C19H15Br2ClN2O4. The quantitative estimate of drug-likeness (QED) is 0.324. The van der Waals surface area contributed by atoms with Gasteiger partial charge in [0.1, 0.15) is 5.58 Å². The standard InChI is InChI=1S/C19H15Br2ClN2O4/c1-3-27-15-5-10(4-14(22)18(15)26-2)9-23-24-19(25)16-7-11-6-12(20)8-13(21)17(11)28-16/h4-9H,3H2,1-2H3,(H,24,25)/b23-9-. The zero-order valence-electron chi connectivity index (χ0n) is 14.9. The Morgan fingerprint density at radius 2 is 2.07 bits per heavy atom. The minimum Gasteiger partial charge on any atom is -0.491 e. The number of halogens is 3. The van der Waals surface area contributed by atoms with Gasteiger partial charge >= 0.3 is 5.91 Å². The molecule has 9 heteroatoms. The summed E-state index contributed by atoms with van der Waals surface area (Å²) in [5.74, 6) is 0.621. The largest absolute Gasteiger partial charge is 0.491 e. The zero-order valence-corrected chi connectivity index (χ0v) is 18.8. The monoisotopic (exact) mass is 528 g/mol. The van der Waals surface area contributed by atoms with Crippen molar-refractivity contribution in [2.75, 3.05) is 13.7 Å². The van der Waals surface area contributed by atoms with Crippen LogP contribution in [0.15, 0.2) is 48.8 Å². The SMILES string of the molecule is CCOc1cc(/C=N\NC(=O)c2cc3cc(Br)cc(Br)c3o2)cc(Cl)c1OC. The molecule has 0 aliphatic heterocycles. The van der Waals surface area contributed by atoms with E-state index in [9.17, 15) is 4.79 Å². The Morgan fingerprint density at radius 1 is 1.29 bits per heavy atom. The van der Waals surface area contributed by atoms with Gasteiger partial charge in [-0.3, -0.25) is 4.79 Å². The van der Waals surface area contributed by atoms with Gasteiger partial charge in [0.2, 0.25) is 0 Å². The van der Waals surface area contributed by atoms with E-state index in [1.54, 1.807) is 18.2 Å². The fraction of sp³-hybridized carbons (Fsp3) is 0.158. The molecule has 0 aliphatic rings. The number of ether oxygens (including phenoxy) is 2. The van der Waals surface area contributed by atoms with E-state index in [2.05, 4.69) is 42.4 Å². The highest BCUT2D eigenvalue weighted by Gasteiger charge is 2.14. The van der Waals surface area contributed by atoms with E-state index >= 15 is 0 Å². The van der Waals surface area contributed by atoms with Gasteiger partial charge in [-0.1, -0.05) is 27.5 Å². The van der Waals surface area contributed by atoms with Crippen LogP contribution in [0.3, 0.4) is 0 Å². The molecule has 0 aliphatic carbocycles. The van der Waals surface area contributed by atoms with Crippen molar-refractivity contribution in [2.24, 2.45) is 5.10 Å². The van der Waals surface area contributed by atoms with Crippen LogP contribution in [0.4, 0.5) is 0 Å². The number of nitrogens with zero attached hydrogens (tertiary/aromatic N) is 1. The van der Waals surface area contributed by atoms with Crippen LogP contribution in [-0.2, 0) is 0 Å². The third kappa shape index (κ3) is 4.51. The van der Waals surface area contributed by atoms with Crippen LogP contribution in [0.1, 0.15) is 23.0 Å². The lowest BCUT2D eigenvalue weighted by Crippen LogP contribution is -2.16. The number of carbonyl (C=O) groups excluding carboxylic acids is 1. The Morgan fingerprint density at radius 3 is 2.79 bits per heavy atom. The highest BCUT2D eigenvalue weighted by atomic mass is 79.9. The third-order valence-corrected chi connectivity index (χ3v) is 5.00. The molecular weight excluding hydrogens is 515 g/mol. The smallest absolute Gasteiger partial charge is 0.307 e. The number of hydrogen-bond acceptors (Lipinski definition) is 5. The van der Waals surface area contributed by atoms with Crippen LogP contribution in [0.5, 0.6) is 11.5 Å². The second-order valence-electron chi connectivity index (χ2n) is 5.58. The zero-order chi connectivity index (χ0) is 20.3. The van der Waals surface area contributed by atoms with E-state index in [-0.39, 0.29) is 5.76 Å². The molecule has 2 aromatic carbocycles. The Kier molecular flexibility index (Phi) is 6.64. The summed E-state index contributed by atoms with van der Waals surface area (Å²) in [4.78, 5) is 12.3. The first-order chi connectivity index (χ1) is 13.4. The summed E-state index contributed by atoms with van der Waals surface area (Å²) in [5, 5.41) is 5.14. The van der Waals surface area contributed by atoms with Gasteiger partial charge in [0.25, 0.3) is 0 Å². The molecule has 1 N–H and O–H groups in total. The van der Waals surface area contributed by atoms with Crippen LogP contribution in [0.25, 0.3) is 11.0 Å². The molecule has 0 bridgehead atoms. The number of benzene rings is 2. The Labute approximate surface area is 183 Å². The number of hydrogen-bond donors (Lipinski definition) is 1. The van der Waals surface area contributed by atoms with Gasteiger partial charge in [0.05, 0.1) is 29.4 Å². The summed E-state index contributed by atoms with van der Waals surface area (Å²) >= 11 is 13.0.